The second kappa shape index (κ2) is 8.08. The Kier molecular flexibility index (Phi) is 5.18. The predicted octanol–water partition coefficient (Wildman–Crippen LogP) is 3.38. The van der Waals surface area contributed by atoms with Gasteiger partial charge in [0.25, 0.3) is 18.6 Å². The van der Waals surface area contributed by atoms with Gasteiger partial charge in [-0.3, -0.25) is 9.78 Å². The van der Waals surface area contributed by atoms with E-state index in [9.17, 15) is 18.0 Å². The summed E-state index contributed by atoms with van der Waals surface area (Å²) in [6, 6.07) is 0. The van der Waals surface area contributed by atoms with Crippen molar-refractivity contribution in [1.29, 1.82) is 0 Å². The molecule has 1 fully saturated rings. The molecule has 4 heterocycles. The first-order valence-electron chi connectivity index (χ1n) is 10.5. The van der Waals surface area contributed by atoms with E-state index in [2.05, 4.69) is 30.4 Å². The number of aryl methyl sites for hydroxylation is 2. The molecule has 13 heteroatoms. The number of aromatic nitrogens is 7. The molecule has 1 atom stereocenters. The summed E-state index contributed by atoms with van der Waals surface area (Å²) in [5.74, 6) is -0.697. The van der Waals surface area contributed by atoms with Crippen LogP contribution in [0.3, 0.4) is 0 Å². The number of hydrogen-bond donors (Lipinski definition) is 2. The van der Waals surface area contributed by atoms with E-state index in [1.165, 1.54) is 6.92 Å². The topological polar surface area (TPSA) is 129 Å². The van der Waals surface area contributed by atoms with Crippen LogP contribution >= 0.6 is 0 Å². The first kappa shape index (κ1) is 21.8. The standard InChI is InChI=1S/C21H20F3N9O/c1-9-12(7-33(31-9)19(24)18(22)23)28-21-17(20(25)34)29-16(14(30-21)10-3-4-10)11-5-26-6-13-15(11)27-8-32(13)2/h5-8,10,18-19H,3-4H2,1-2H3,(H2,25,34)(H,28,30). The van der Waals surface area contributed by atoms with Crippen molar-refractivity contribution in [1.82, 2.24) is 34.3 Å². The van der Waals surface area contributed by atoms with Gasteiger partial charge in [0.05, 0.1) is 47.0 Å². The van der Waals surface area contributed by atoms with Gasteiger partial charge >= 0.3 is 0 Å². The fourth-order valence-corrected chi connectivity index (χ4v) is 3.74. The number of pyridine rings is 1. The second-order valence-corrected chi connectivity index (χ2v) is 8.14. The number of anilines is 2. The average molecular weight is 471 g/mol. The number of primary amides is 1. The van der Waals surface area contributed by atoms with E-state index in [0.29, 0.717) is 27.1 Å². The summed E-state index contributed by atoms with van der Waals surface area (Å²) in [5.41, 5.74) is 9.02. The zero-order valence-electron chi connectivity index (χ0n) is 18.2. The Hall–Kier alpha value is -4.03. The van der Waals surface area contributed by atoms with E-state index < -0.39 is 18.6 Å². The van der Waals surface area contributed by atoms with Crippen LogP contribution in [0.5, 0.6) is 0 Å². The van der Waals surface area contributed by atoms with Crippen LogP contribution < -0.4 is 11.1 Å². The number of nitrogens with zero attached hydrogens (tertiary/aromatic N) is 7. The van der Waals surface area contributed by atoms with Crippen molar-refractivity contribution in [3.63, 3.8) is 0 Å². The summed E-state index contributed by atoms with van der Waals surface area (Å²) in [6.07, 6.45) is 1.96. The number of hydrogen-bond acceptors (Lipinski definition) is 7. The normalized spacial score (nSPS) is 14.6. The van der Waals surface area contributed by atoms with Crippen LogP contribution in [0.2, 0.25) is 0 Å². The highest BCUT2D eigenvalue weighted by molar-refractivity contribution is 5.98. The lowest BCUT2D eigenvalue weighted by Crippen LogP contribution is -2.18. The SMILES string of the molecule is Cc1nn(C(F)C(F)F)cc1Nc1nc(C2CC2)c(-c2cncc3c2ncn3C)nc1C(N)=O. The fraction of sp³-hybridized carbons (Fsp3) is 0.333. The minimum Gasteiger partial charge on any atom is -0.364 e. The first-order valence-corrected chi connectivity index (χ1v) is 10.5. The molecule has 3 N–H and O–H groups in total. The van der Waals surface area contributed by atoms with E-state index in [1.807, 2.05) is 11.6 Å². The Morgan fingerprint density at radius 1 is 1.24 bits per heavy atom. The van der Waals surface area contributed by atoms with Gasteiger partial charge in [0, 0.05) is 24.7 Å². The summed E-state index contributed by atoms with van der Waals surface area (Å²) in [6.45, 7) is 1.51. The number of nitrogens with two attached hydrogens (primary N) is 1. The smallest absolute Gasteiger partial charge is 0.289 e. The Labute approximate surface area is 191 Å². The van der Waals surface area contributed by atoms with Crippen molar-refractivity contribution >= 4 is 28.4 Å². The molecule has 1 unspecified atom stereocenters. The van der Waals surface area contributed by atoms with Crippen LogP contribution in [-0.2, 0) is 7.05 Å². The van der Waals surface area contributed by atoms with E-state index in [1.54, 1.807) is 18.7 Å². The molecule has 1 aliphatic carbocycles. The van der Waals surface area contributed by atoms with Gasteiger partial charge in [-0.25, -0.2) is 32.8 Å². The zero-order valence-corrected chi connectivity index (χ0v) is 18.2. The van der Waals surface area contributed by atoms with Crippen molar-refractivity contribution in [3.05, 3.63) is 42.0 Å². The zero-order chi connectivity index (χ0) is 24.1. The molecule has 34 heavy (non-hydrogen) atoms. The van der Waals surface area contributed by atoms with Gasteiger partial charge in [0.1, 0.15) is 5.52 Å². The summed E-state index contributed by atoms with van der Waals surface area (Å²) in [7, 11) is 1.84. The number of carbonyl (C=O) groups is 1. The molecule has 10 nitrogen and oxygen atoms in total. The Balaban J connectivity index is 1.63. The maximum atomic E-state index is 13.8. The molecule has 0 aromatic carbocycles. The van der Waals surface area contributed by atoms with Gasteiger partial charge in [-0.1, -0.05) is 0 Å². The van der Waals surface area contributed by atoms with Crippen LogP contribution in [0.1, 0.15) is 46.9 Å². The molecule has 1 aliphatic rings. The first-order chi connectivity index (χ1) is 16.2. The highest BCUT2D eigenvalue weighted by Gasteiger charge is 2.32. The molecular formula is C21H20F3N9O. The maximum Gasteiger partial charge on any atom is 0.289 e. The summed E-state index contributed by atoms with van der Waals surface area (Å²) in [4.78, 5) is 30.2. The molecule has 5 rings (SSSR count). The number of fused-ring (bicyclic) bond motifs is 1. The van der Waals surface area contributed by atoms with Gasteiger partial charge in [0.15, 0.2) is 11.5 Å². The number of nitrogens with one attached hydrogen (secondary N) is 1. The van der Waals surface area contributed by atoms with Crippen molar-refractivity contribution in [3.8, 4) is 11.3 Å². The quantitative estimate of drug-likeness (QED) is 0.423. The van der Waals surface area contributed by atoms with Gasteiger partial charge in [-0.05, 0) is 19.8 Å². The Morgan fingerprint density at radius 2 is 2.00 bits per heavy atom. The molecule has 0 saturated heterocycles. The lowest BCUT2D eigenvalue weighted by molar-refractivity contribution is 0.000657. The molecule has 0 aliphatic heterocycles. The largest absolute Gasteiger partial charge is 0.364 e. The lowest BCUT2D eigenvalue weighted by Gasteiger charge is -2.14. The molecule has 1 amide bonds. The van der Waals surface area contributed by atoms with Crippen molar-refractivity contribution < 1.29 is 18.0 Å². The minimum absolute atomic E-state index is 0.0365. The van der Waals surface area contributed by atoms with Crippen LogP contribution in [0.25, 0.3) is 22.3 Å². The second-order valence-electron chi connectivity index (χ2n) is 8.14. The van der Waals surface area contributed by atoms with Crippen molar-refractivity contribution in [2.24, 2.45) is 12.8 Å². The van der Waals surface area contributed by atoms with E-state index >= 15 is 0 Å². The molecular weight excluding hydrogens is 451 g/mol. The third-order valence-corrected chi connectivity index (χ3v) is 5.64. The molecule has 4 aromatic heterocycles. The Morgan fingerprint density at radius 3 is 2.68 bits per heavy atom. The molecule has 4 aromatic rings. The van der Waals surface area contributed by atoms with Gasteiger partial charge < -0.3 is 15.6 Å². The van der Waals surface area contributed by atoms with Crippen LogP contribution in [0.4, 0.5) is 24.7 Å². The van der Waals surface area contributed by atoms with Crippen LogP contribution in [0.15, 0.2) is 24.9 Å². The molecule has 176 valence electrons. The maximum absolute atomic E-state index is 13.8. The molecule has 0 spiro atoms. The van der Waals surface area contributed by atoms with E-state index in [0.717, 1.165) is 24.6 Å². The summed E-state index contributed by atoms with van der Waals surface area (Å²) >= 11 is 0. The van der Waals surface area contributed by atoms with Gasteiger partial charge in [-0.15, -0.1) is 0 Å². The highest BCUT2D eigenvalue weighted by Crippen LogP contribution is 2.44. The number of rotatable bonds is 7. The van der Waals surface area contributed by atoms with Crippen molar-refractivity contribution in [2.45, 2.75) is 38.4 Å². The summed E-state index contributed by atoms with van der Waals surface area (Å²) in [5, 5.41) is 6.66. The monoisotopic (exact) mass is 471 g/mol. The Bertz CT molecular complexity index is 1410. The van der Waals surface area contributed by atoms with Crippen LogP contribution in [0, 0.1) is 6.92 Å². The molecule has 0 bridgehead atoms. The number of amides is 1. The fourth-order valence-electron chi connectivity index (χ4n) is 3.74. The lowest BCUT2D eigenvalue weighted by atomic mass is 10.1. The van der Waals surface area contributed by atoms with Crippen molar-refractivity contribution in [2.75, 3.05) is 5.32 Å². The third-order valence-electron chi connectivity index (χ3n) is 5.64. The summed E-state index contributed by atoms with van der Waals surface area (Å²) < 4.78 is 41.6. The van der Waals surface area contributed by atoms with E-state index in [-0.39, 0.29) is 28.8 Å². The molecule has 0 radical (unpaired) electrons. The molecule has 1 saturated carbocycles. The minimum atomic E-state index is -3.24. The number of carbonyl (C=O) groups excluding carboxylic acids is 1. The predicted molar refractivity (Wildman–Crippen MR) is 116 cm³/mol. The van der Waals surface area contributed by atoms with Crippen LogP contribution in [-0.4, -0.2) is 46.6 Å². The van der Waals surface area contributed by atoms with E-state index in [4.69, 9.17) is 5.73 Å². The number of alkyl halides is 3. The van der Waals surface area contributed by atoms with Gasteiger partial charge in [-0.2, -0.15) is 5.10 Å². The van der Waals surface area contributed by atoms with Gasteiger partial charge in [0.2, 0.25) is 0 Å². The number of imidazole rings is 1. The number of halogens is 3. The third kappa shape index (κ3) is 3.72. The highest BCUT2D eigenvalue weighted by atomic mass is 19.3. The average Bonchev–Trinajstić information content (AvgIpc) is 3.50.